The molecule has 0 bridgehead atoms. The minimum Gasteiger partial charge on any atom is -0.384 e. The van der Waals surface area contributed by atoms with Crippen LogP contribution in [0.15, 0.2) is 0 Å². The first-order valence-corrected chi connectivity index (χ1v) is 7.79. The second kappa shape index (κ2) is 7.41. The Morgan fingerprint density at radius 1 is 1.35 bits per heavy atom. The van der Waals surface area contributed by atoms with Crippen LogP contribution in [0, 0.1) is 16.7 Å². The van der Waals surface area contributed by atoms with E-state index in [1.807, 2.05) is 0 Å². The van der Waals surface area contributed by atoms with Gasteiger partial charge < -0.3 is 15.4 Å². The monoisotopic (exact) mass is 284 g/mol. The zero-order valence-electron chi connectivity index (χ0n) is 13.8. The van der Waals surface area contributed by atoms with Crippen molar-refractivity contribution in [3.63, 3.8) is 0 Å². The van der Waals surface area contributed by atoms with Gasteiger partial charge in [0.05, 0.1) is 12.0 Å². The topological polar surface area (TPSA) is 50.4 Å². The molecule has 0 aromatic rings. The van der Waals surface area contributed by atoms with E-state index in [0.29, 0.717) is 12.5 Å². The van der Waals surface area contributed by atoms with Crippen LogP contribution >= 0.6 is 0 Å². The zero-order chi connectivity index (χ0) is 15.2. The lowest BCUT2D eigenvalue weighted by Gasteiger charge is -2.37. The van der Waals surface area contributed by atoms with Crippen LogP contribution in [0.4, 0.5) is 0 Å². The van der Waals surface area contributed by atoms with Crippen molar-refractivity contribution in [2.24, 2.45) is 16.7 Å². The average molecular weight is 284 g/mol. The van der Waals surface area contributed by atoms with Gasteiger partial charge in [-0.3, -0.25) is 4.79 Å². The number of carbonyl (C=O) groups excluding carboxylic acids is 1. The Balaban J connectivity index is 2.58. The number of carbonyl (C=O) groups is 1. The van der Waals surface area contributed by atoms with Gasteiger partial charge in [-0.05, 0) is 43.7 Å². The van der Waals surface area contributed by atoms with E-state index in [1.165, 1.54) is 0 Å². The summed E-state index contributed by atoms with van der Waals surface area (Å²) in [6.45, 7) is 11.9. The van der Waals surface area contributed by atoms with Crippen molar-refractivity contribution in [3.8, 4) is 0 Å². The van der Waals surface area contributed by atoms with Crippen LogP contribution in [0.2, 0.25) is 0 Å². The molecule has 0 saturated carbocycles. The highest BCUT2D eigenvalue weighted by atomic mass is 16.5. The Bertz CT molecular complexity index is 302. The van der Waals surface area contributed by atoms with Gasteiger partial charge in [0.1, 0.15) is 0 Å². The molecule has 1 aliphatic rings. The quantitative estimate of drug-likeness (QED) is 0.753. The predicted molar refractivity (Wildman–Crippen MR) is 82.7 cm³/mol. The van der Waals surface area contributed by atoms with E-state index in [2.05, 4.69) is 38.3 Å². The molecule has 1 aliphatic heterocycles. The highest BCUT2D eigenvalue weighted by molar-refractivity contribution is 5.83. The Labute approximate surface area is 124 Å². The highest BCUT2D eigenvalue weighted by Gasteiger charge is 2.40. The molecule has 1 saturated heterocycles. The molecule has 0 aromatic carbocycles. The van der Waals surface area contributed by atoms with Gasteiger partial charge >= 0.3 is 0 Å². The third-order valence-electron chi connectivity index (χ3n) is 4.15. The zero-order valence-corrected chi connectivity index (χ0v) is 13.8. The van der Waals surface area contributed by atoms with Crippen LogP contribution in [-0.4, -0.2) is 39.3 Å². The number of rotatable bonds is 7. The summed E-state index contributed by atoms with van der Waals surface area (Å²) < 4.78 is 5.31. The van der Waals surface area contributed by atoms with E-state index in [4.69, 9.17) is 4.74 Å². The summed E-state index contributed by atoms with van der Waals surface area (Å²) in [6, 6.07) is 0. The summed E-state index contributed by atoms with van der Waals surface area (Å²) in [5, 5.41) is 6.49. The molecular weight excluding hydrogens is 252 g/mol. The Kier molecular flexibility index (Phi) is 6.46. The van der Waals surface area contributed by atoms with E-state index in [1.54, 1.807) is 7.11 Å². The molecule has 4 nitrogen and oxygen atoms in total. The fourth-order valence-electron chi connectivity index (χ4n) is 3.30. The van der Waals surface area contributed by atoms with E-state index >= 15 is 0 Å². The minimum atomic E-state index is -0.339. The number of piperidine rings is 1. The number of hydrogen-bond acceptors (Lipinski definition) is 3. The molecule has 2 N–H and O–H groups in total. The van der Waals surface area contributed by atoms with Crippen molar-refractivity contribution in [2.45, 2.75) is 47.0 Å². The lowest BCUT2D eigenvalue weighted by molar-refractivity contribution is -0.136. The molecule has 4 heteroatoms. The molecule has 0 spiro atoms. The van der Waals surface area contributed by atoms with Gasteiger partial charge in [-0.1, -0.05) is 27.7 Å². The second-order valence-corrected chi connectivity index (χ2v) is 7.41. The Hall–Kier alpha value is -0.610. The molecule has 1 fully saturated rings. The summed E-state index contributed by atoms with van der Waals surface area (Å²) in [6.07, 6.45) is 2.83. The maximum Gasteiger partial charge on any atom is 0.228 e. The maximum atomic E-state index is 12.6. The van der Waals surface area contributed by atoms with Crippen molar-refractivity contribution in [2.75, 3.05) is 33.4 Å². The molecule has 0 aromatic heterocycles. The van der Waals surface area contributed by atoms with E-state index in [9.17, 15) is 4.79 Å². The minimum absolute atomic E-state index is 0.144. The van der Waals surface area contributed by atoms with Crippen LogP contribution in [-0.2, 0) is 9.53 Å². The van der Waals surface area contributed by atoms with Crippen LogP contribution in [0.3, 0.4) is 0 Å². The lowest BCUT2D eigenvalue weighted by atomic mass is 9.78. The number of methoxy groups -OCH3 is 1. The fourth-order valence-corrected chi connectivity index (χ4v) is 3.30. The Morgan fingerprint density at radius 3 is 2.45 bits per heavy atom. The first-order valence-electron chi connectivity index (χ1n) is 7.79. The third kappa shape index (κ3) is 5.06. The highest BCUT2D eigenvalue weighted by Crippen LogP contribution is 2.30. The molecule has 20 heavy (non-hydrogen) atoms. The molecular formula is C16H32N2O2. The summed E-state index contributed by atoms with van der Waals surface area (Å²) in [5.41, 5.74) is -0.196. The SMILES string of the molecule is COCC1(C(=O)NCC(C)(C)CC(C)C)CCNCC1. The van der Waals surface area contributed by atoms with E-state index in [0.717, 1.165) is 38.9 Å². The van der Waals surface area contributed by atoms with Crippen LogP contribution in [0.1, 0.15) is 47.0 Å². The van der Waals surface area contributed by atoms with Crippen LogP contribution in [0.5, 0.6) is 0 Å². The maximum absolute atomic E-state index is 12.6. The molecule has 118 valence electrons. The number of amides is 1. The van der Waals surface area contributed by atoms with Crippen molar-refractivity contribution in [1.82, 2.24) is 10.6 Å². The van der Waals surface area contributed by atoms with Gasteiger partial charge in [-0.2, -0.15) is 0 Å². The van der Waals surface area contributed by atoms with Crippen molar-refractivity contribution in [1.29, 1.82) is 0 Å². The normalized spacial score (nSPS) is 19.1. The number of hydrogen-bond donors (Lipinski definition) is 2. The van der Waals surface area contributed by atoms with Crippen molar-refractivity contribution in [3.05, 3.63) is 0 Å². The van der Waals surface area contributed by atoms with Gasteiger partial charge in [0.25, 0.3) is 0 Å². The Morgan fingerprint density at radius 2 is 1.95 bits per heavy atom. The van der Waals surface area contributed by atoms with Gasteiger partial charge in [-0.25, -0.2) is 0 Å². The van der Waals surface area contributed by atoms with Crippen LogP contribution < -0.4 is 10.6 Å². The summed E-state index contributed by atoms with van der Waals surface area (Å²) in [5.74, 6) is 0.811. The van der Waals surface area contributed by atoms with E-state index in [-0.39, 0.29) is 16.7 Å². The molecule has 0 atom stereocenters. The molecule has 0 aliphatic carbocycles. The van der Waals surface area contributed by atoms with Gasteiger partial charge in [-0.15, -0.1) is 0 Å². The molecule has 1 rings (SSSR count). The average Bonchev–Trinajstić information content (AvgIpc) is 2.36. The van der Waals surface area contributed by atoms with Gasteiger partial charge in [0, 0.05) is 13.7 Å². The summed E-state index contributed by atoms with van der Waals surface area (Å²) >= 11 is 0. The fraction of sp³-hybridized carbons (Fsp3) is 0.938. The molecule has 1 amide bonds. The van der Waals surface area contributed by atoms with Crippen molar-refractivity contribution >= 4 is 5.91 Å². The first kappa shape index (κ1) is 17.4. The standard InChI is InChI=1S/C16H32N2O2/c1-13(2)10-15(3,4)11-18-14(19)16(12-20-5)6-8-17-9-7-16/h13,17H,6-12H2,1-5H3,(H,18,19). The van der Waals surface area contributed by atoms with Crippen LogP contribution in [0.25, 0.3) is 0 Å². The lowest BCUT2D eigenvalue weighted by Crippen LogP contribution is -2.51. The second-order valence-electron chi connectivity index (χ2n) is 7.41. The first-order chi connectivity index (χ1) is 9.31. The predicted octanol–water partition coefficient (Wildman–Crippen LogP) is 2.19. The van der Waals surface area contributed by atoms with Gasteiger partial charge in [0.2, 0.25) is 5.91 Å². The third-order valence-corrected chi connectivity index (χ3v) is 4.15. The largest absolute Gasteiger partial charge is 0.384 e. The smallest absolute Gasteiger partial charge is 0.228 e. The molecule has 1 heterocycles. The number of ether oxygens (including phenoxy) is 1. The summed E-state index contributed by atoms with van der Waals surface area (Å²) in [7, 11) is 1.68. The molecule has 0 unspecified atom stereocenters. The van der Waals surface area contributed by atoms with Crippen molar-refractivity contribution < 1.29 is 9.53 Å². The van der Waals surface area contributed by atoms with E-state index < -0.39 is 0 Å². The number of nitrogens with one attached hydrogen (secondary N) is 2. The molecule has 0 radical (unpaired) electrons. The summed E-state index contributed by atoms with van der Waals surface area (Å²) in [4.78, 5) is 12.6. The van der Waals surface area contributed by atoms with Gasteiger partial charge in [0.15, 0.2) is 0 Å².